The number of hydrogen-bond acceptors (Lipinski definition) is 5. The molecule has 6 nitrogen and oxygen atoms in total. The molecule has 0 spiro atoms. The van der Waals surface area contributed by atoms with Crippen LogP contribution in [0.2, 0.25) is 0 Å². The molecular weight excluding hydrogens is 388 g/mol. The minimum atomic E-state index is -3.77. The normalized spacial score (nSPS) is 20.8. The van der Waals surface area contributed by atoms with Gasteiger partial charge >= 0.3 is 0 Å². The van der Waals surface area contributed by atoms with Crippen LogP contribution in [0.3, 0.4) is 0 Å². The Hall–Kier alpha value is -2.74. The number of methoxy groups -OCH3 is 1. The van der Waals surface area contributed by atoms with Gasteiger partial charge in [0.25, 0.3) is 0 Å². The van der Waals surface area contributed by atoms with Crippen LogP contribution in [0.5, 0.6) is 5.75 Å². The molecule has 3 aromatic rings. The van der Waals surface area contributed by atoms with Gasteiger partial charge < -0.3 is 9.84 Å². The van der Waals surface area contributed by atoms with Crippen LogP contribution in [-0.4, -0.2) is 36.0 Å². The maximum Gasteiger partial charge on any atom is 0.244 e. The molecule has 2 aromatic carbocycles. The second kappa shape index (κ2) is 7.94. The van der Waals surface area contributed by atoms with Gasteiger partial charge in [0.2, 0.25) is 10.0 Å². The van der Waals surface area contributed by atoms with E-state index in [1.165, 1.54) is 4.31 Å². The molecule has 0 radical (unpaired) electrons. The van der Waals surface area contributed by atoms with E-state index in [2.05, 4.69) is 4.98 Å². The number of ether oxygens (including phenoxy) is 1. The fraction of sp³-hybridized carbons (Fsp3) is 0.227. The third kappa shape index (κ3) is 3.76. The third-order valence-electron chi connectivity index (χ3n) is 5.25. The van der Waals surface area contributed by atoms with Gasteiger partial charge in [0, 0.05) is 24.5 Å². The van der Waals surface area contributed by atoms with E-state index in [1.807, 2.05) is 24.3 Å². The highest BCUT2D eigenvalue weighted by Gasteiger charge is 2.43. The highest BCUT2D eigenvalue weighted by atomic mass is 32.2. The number of aliphatic hydroxyl groups excluding tert-OH is 1. The summed E-state index contributed by atoms with van der Waals surface area (Å²) in [6.45, 7) is 0.164. The van der Waals surface area contributed by atoms with Gasteiger partial charge in [-0.25, -0.2) is 8.42 Å². The van der Waals surface area contributed by atoms with Gasteiger partial charge in [-0.2, -0.15) is 4.31 Å². The molecule has 2 atom stereocenters. The fourth-order valence-corrected chi connectivity index (χ4v) is 5.57. The van der Waals surface area contributed by atoms with Crippen LogP contribution >= 0.6 is 0 Å². The zero-order chi connectivity index (χ0) is 20.4. The Kier molecular flexibility index (Phi) is 5.36. The lowest BCUT2D eigenvalue weighted by Crippen LogP contribution is -2.48. The number of aromatic nitrogens is 1. The van der Waals surface area contributed by atoms with Crippen molar-refractivity contribution in [1.82, 2.24) is 9.29 Å². The first-order chi connectivity index (χ1) is 14.0. The van der Waals surface area contributed by atoms with Crippen molar-refractivity contribution in [3.05, 3.63) is 89.7 Å². The zero-order valence-corrected chi connectivity index (χ0v) is 16.8. The molecule has 0 amide bonds. The van der Waals surface area contributed by atoms with Gasteiger partial charge in [-0.3, -0.25) is 4.98 Å². The molecule has 0 unspecified atom stereocenters. The number of aliphatic hydroxyl groups is 1. The first-order valence-electron chi connectivity index (χ1n) is 9.31. The highest BCUT2D eigenvalue weighted by Crippen LogP contribution is 2.39. The molecule has 0 bridgehead atoms. The van der Waals surface area contributed by atoms with E-state index in [1.54, 1.807) is 55.9 Å². The van der Waals surface area contributed by atoms with E-state index in [9.17, 15) is 13.5 Å². The Morgan fingerprint density at radius 2 is 1.69 bits per heavy atom. The van der Waals surface area contributed by atoms with Crippen LogP contribution < -0.4 is 4.74 Å². The van der Waals surface area contributed by atoms with Gasteiger partial charge in [0.05, 0.1) is 24.2 Å². The van der Waals surface area contributed by atoms with Gasteiger partial charge in [-0.05, 0) is 47.9 Å². The van der Waals surface area contributed by atoms with Crippen LogP contribution in [-0.2, 0) is 23.0 Å². The average molecular weight is 410 g/mol. The SMILES string of the molecule is COc1ccc(C[C@@H]2[C@H](O)c3ccccc3S(=O)(=O)N2Cc2ccncc2)cc1. The summed E-state index contributed by atoms with van der Waals surface area (Å²) in [5.74, 6) is 0.726. The van der Waals surface area contributed by atoms with Crippen molar-refractivity contribution in [3.8, 4) is 5.75 Å². The number of fused-ring (bicyclic) bond motifs is 1. The Bertz CT molecular complexity index is 1090. The van der Waals surface area contributed by atoms with Gasteiger partial charge in [0.15, 0.2) is 0 Å². The lowest BCUT2D eigenvalue weighted by atomic mass is 9.95. The molecule has 150 valence electrons. The molecule has 0 saturated carbocycles. The van der Waals surface area contributed by atoms with E-state index in [0.717, 1.165) is 16.9 Å². The lowest BCUT2D eigenvalue weighted by Gasteiger charge is -2.39. The lowest BCUT2D eigenvalue weighted by molar-refractivity contribution is 0.0769. The van der Waals surface area contributed by atoms with E-state index in [0.29, 0.717) is 12.0 Å². The molecule has 4 rings (SSSR count). The van der Waals surface area contributed by atoms with Crippen molar-refractivity contribution in [2.75, 3.05) is 7.11 Å². The van der Waals surface area contributed by atoms with Crippen molar-refractivity contribution >= 4 is 10.0 Å². The summed E-state index contributed by atoms with van der Waals surface area (Å²) < 4.78 is 33.5. The topological polar surface area (TPSA) is 79.7 Å². The number of hydrogen-bond donors (Lipinski definition) is 1. The molecule has 7 heteroatoms. The van der Waals surface area contributed by atoms with Crippen molar-refractivity contribution in [3.63, 3.8) is 0 Å². The minimum Gasteiger partial charge on any atom is -0.497 e. The van der Waals surface area contributed by atoms with E-state index >= 15 is 0 Å². The summed E-state index contributed by atoms with van der Waals surface area (Å²) in [5.41, 5.74) is 2.18. The number of sulfonamides is 1. The van der Waals surface area contributed by atoms with Gasteiger partial charge in [-0.1, -0.05) is 30.3 Å². The zero-order valence-electron chi connectivity index (χ0n) is 16.0. The second-order valence-electron chi connectivity index (χ2n) is 7.01. The molecule has 0 fully saturated rings. The van der Waals surface area contributed by atoms with Crippen LogP contribution in [0.4, 0.5) is 0 Å². The molecule has 1 N–H and O–H groups in total. The molecule has 2 heterocycles. The van der Waals surface area contributed by atoms with Crippen molar-refractivity contribution in [2.24, 2.45) is 0 Å². The van der Waals surface area contributed by atoms with Crippen molar-refractivity contribution in [2.45, 2.75) is 30.0 Å². The van der Waals surface area contributed by atoms with Crippen molar-refractivity contribution < 1.29 is 18.3 Å². The molecular formula is C22H22N2O4S. The highest BCUT2D eigenvalue weighted by molar-refractivity contribution is 7.89. The largest absolute Gasteiger partial charge is 0.497 e. The van der Waals surface area contributed by atoms with Crippen LogP contribution in [0, 0.1) is 0 Å². The summed E-state index contributed by atoms with van der Waals surface area (Å²) in [6.07, 6.45) is 2.71. The summed E-state index contributed by atoms with van der Waals surface area (Å²) in [7, 11) is -2.17. The van der Waals surface area contributed by atoms with E-state index in [-0.39, 0.29) is 11.4 Å². The molecule has 1 aliphatic rings. The quantitative estimate of drug-likeness (QED) is 0.700. The summed E-state index contributed by atoms with van der Waals surface area (Å²) >= 11 is 0. The van der Waals surface area contributed by atoms with Crippen LogP contribution in [0.15, 0.2) is 78.0 Å². The number of rotatable bonds is 5. The predicted molar refractivity (Wildman–Crippen MR) is 109 cm³/mol. The van der Waals surface area contributed by atoms with E-state index < -0.39 is 22.2 Å². The summed E-state index contributed by atoms with van der Waals surface area (Å²) in [4.78, 5) is 4.16. The monoisotopic (exact) mass is 410 g/mol. The van der Waals surface area contributed by atoms with Gasteiger partial charge in [0.1, 0.15) is 5.75 Å². The Morgan fingerprint density at radius 3 is 2.38 bits per heavy atom. The standard InChI is InChI=1S/C22H22N2O4S/c1-28-18-8-6-16(7-9-18)14-20-22(25)19-4-2-3-5-21(19)29(26,27)24(20)15-17-10-12-23-13-11-17/h2-13,20,22,25H,14-15H2,1H3/t20-,22-/m1/s1. The predicted octanol–water partition coefficient (Wildman–Crippen LogP) is 2.94. The maximum atomic E-state index is 13.4. The fourth-order valence-electron chi connectivity index (χ4n) is 3.72. The smallest absolute Gasteiger partial charge is 0.244 e. The van der Waals surface area contributed by atoms with E-state index in [4.69, 9.17) is 4.74 Å². The maximum absolute atomic E-state index is 13.4. The Balaban J connectivity index is 1.76. The summed E-state index contributed by atoms with van der Waals surface area (Å²) in [6, 6.07) is 17.1. The molecule has 0 aliphatic carbocycles. The first kappa shape index (κ1) is 19.6. The van der Waals surface area contributed by atoms with Crippen LogP contribution in [0.1, 0.15) is 22.8 Å². The Labute approximate surface area is 170 Å². The van der Waals surface area contributed by atoms with Crippen LogP contribution in [0.25, 0.3) is 0 Å². The Morgan fingerprint density at radius 1 is 1.00 bits per heavy atom. The second-order valence-corrected chi connectivity index (χ2v) is 8.87. The third-order valence-corrected chi connectivity index (χ3v) is 7.20. The molecule has 1 aromatic heterocycles. The molecule has 1 aliphatic heterocycles. The number of benzene rings is 2. The first-order valence-corrected chi connectivity index (χ1v) is 10.8. The number of nitrogens with zero attached hydrogens (tertiary/aromatic N) is 2. The van der Waals surface area contributed by atoms with Crippen molar-refractivity contribution in [1.29, 1.82) is 0 Å². The minimum absolute atomic E-state index is 0.160. The van der Waals surface area contributed by atoms with Gasteiger partial charge in [-0.15, -0.1) is 0 Å². The molecule has 0 saturated heterocycles. The summed E-state index contributed by atoms with van der Waals surface area (Å²) in [5, 5.41) is 11.1. The number of pyridine rings is 1. The molecule has 29 heavy (non-hydrogen) atoms. The average Bonchev–Trinajstić information content (AvgIpc) is 2.76.